The van der Waals surface area contributed by atoms with Gasteiger partial charge in [-0.3, -0.25) is 28.8 Å². The van der Waals surface area contributed by atoms with E-state index in [1.54, 1.807) is 6.92 Å². The summed E-state index contributed by atoms with van der Waals surface area (Å²) in [5, 5.41) is 42.1. The number of aliphatic hydroxyl groups is 1. The van der Waals surface area contributed by atoms with Crippen molar-refractivity contribution in [2.24, 2.45) is 5.73 Å². The molecule has 4 bridgehead atoms. The molecule has 0 aromatic heterocycles. The van der Waals surface area contributed by atoms with E-state index in [4.69, 9.17) is 10.5 Å². The number of carbonyl (C=O) groups excluding carboxylic acids is 7. The SMILES string of the molecule is CCCCCCCCCCCCCCCC(=O)N(C)[C@H](CO)C(=O)N[C@H](C)C(=O)NCC(=O)N(C)[C@@H]1C(=O)N[C@@H](C)C(=O)N[C@H](C(=O)OC[C@H](C)N)Cc2ccc(O)c(c2)-c2cc1ccc2O. The minimum absolute atomic E-state index is 0.0793. The number of aromatic hydroxyl groups is 2. The van der Waals surface area contributed by atoms with Gasteiger partial charge in [-0.25, -0.2) is 4.79 Å². The molecule has 67 heavy (non-hydrogen) atoms. The van der Waals surface area contributed by atoms with Crippen molar-refractivity contribution in [1.82, 2.24) is 31.1 Å². The number of carbonyl (C=O) groups is 7. The molecule has 0 fully saturated rings. The van der Waals surface area contributed by atoms with E-state index in [9.17, 15) is 48.9 Å². The van der Waals surface area contributed by atoms with Gasteiger partial charge in [0, 0.05) is 44.1 Å². The Balaban J connectivity index is 1.64. The van der Waals surface area contributed by atoms with Crippen LogP contribution in [0.5, 0.6) is 11.5 Å². The van der Waals surface area contributed by atoms with Crippen LogP contribution in [0.2, 0.25) is 0 Å². The van der Waals surface area contributed by atoms with Crippen molar-refractivity contribution >= 4 is 41.4 Å². The molecule has 0 spiro atoms. The maximum Gasteiger partial charge on any atom is 0.329 e. The third-order valence-corrected chi connectivity index (χ3v) is 12.0. The lowest BCUT2D eigenvalue weighted by Gasteiger charge is -2.30. The monoisotopic (exact) mass is 938 g/mol. The molecule has 2 aromatic carbocycles. The Hall–Kier alpha value is -5.75. The Morgan fingerprint density at radius 3 is 1.94 bits per heavy atom. The van der Waals surface area contributed by atoms with E-state index in [1.807, 2.05) is 0 Å². The zero-order valence-electron chi connectivity index (χ0n) is 40.2. The van der Waals surface area contributed by atoms with Crippen LogP contribution in [0.25, 0.3) is 11.1 Å². The second-order valence-electron chi connectivity index (χ2n) is 17.8. The highest BCUT2D eigenvalue weighted by Crippen LogP contribution is 2.38. The van der Waals surface area contributed by atoms with Gasteiger partial charge in [0.05, 0.1) is 13.2 Å². The lowest BCUT2D eigenvalue weighted by molar-refractivity contribution is -0.148. The zero-order chi connectivity index (χ0) is 49.6. The predicted octanol–water partition coefficient (Wildman–Crippen LogP) is 3.62. The van der Waals surface area contributed by atoms with Crippen molar-refractivity contribution in [3.8, 4) is 22.6 Å². The van der Waals surface area contributed by atoms with Crippen LogP contribution in [0.4, 0.5) is 0 Å². The number of phenolic OH excluding ortho intramolecular Hbond substituents is 2. The van der Waals surface area contributed by atoms with Crippen LogP contribution >= 0.6 is 0 Å². The Morgan fingerprint density at radius 1 is 0.791 bits per heavy atom. The van der Waals surface area contributed by atoms with Crippen molar-refractivity contribution < 1.29 is 53.6 Å². The van der Waals surface area contributed by atoms with Crippen molar-refractivity contribution in [1.29, 1.82) is 0 Å². The van der Waals surface area contributed by atoms with E-state index < -0.39 is 84.9 Å². The molecule has 6 amide bonds. The van der Waals surface area contributed by atoms with Gasteiger partial charge in [-0.05, 0) is 62.6 Å². The predicted molar refractivity (Wildman–Crippen MR) is 253 cm³/mol. The van der Waals surface area contributed by atoms with Gasteiger partial charge in [-0.2, -0.15) is 0 Å². The second-order valence-corrected chi connectivity index (χ2v) is 17.8. The second kappa shape index (κ2) is 28.4. The standard InChI is InChI=1S/C49H75N7O11/c1-7-8-9-10-11-12-13-14-15-16-17-18-19-20-42(60)55(5)39(29-57)47(64)52-32(3)45(62)51-28-43(61)56(6)44-35-22-24-41(59)37(27-35)36-25-34(21-23-40(36)58)26-38(49(66)67-30-31(2)50)54-46(63)33(4)53-48(44)65/h21-25,27,31-33,38-39,44,57-59H,7-20,26,28-30,50H2,1-6H3,(H,51,62)(H,52,64)(H,53,65)(H,54,63)/t31-,32+,33-,38-,39+,44-/m0/s1. The molecule has 18 heteroatoms. The highest BCUT2D eigenvalue weighted by atomic mass is 16.5. The summed E-state index contributed by atoms with van der Waals surface area (Å²) < 4.78 is 5.31. The highest BCUT2D eigenvalue weighted by Gasteiger charge is 2.34. The molecule has 0 unspecified atom stereocenters. The number of hydrogen-bond donors (Lipinski definition) is 8. The van der Waals surface area contributed by atoms with Crippen LogP contribution < -0.4 is 27.0 Å². The number of unbranched alkanes of at least 4 members (excludes halogenated alkanes) is 12. The summed E-state index contributed by atoms with van der Waals surface area (Å²) in [5.74, 6) is -5.52. The van der Waals surface area contributed by atoms with Gasteiger partial charge in [0.1, 0.15) is 48.3 Å². The number of ether oxygens (including phenoxy) is 1. The number of likely N-dealkylation sites (N-methyl/N-ethyl adjacent to an activating group) is 2. The fourth-order valence-corrected chi connectivity index (χ4v) is 7.80. The molecule has 2 aromatic rings. The number of fused-ring (bicyclic) bond motifs is 5. The Kier molecular flexibility index (Phi) is 23.6. The minimum atomic E-state index is -1.46. The van der Waals surface area contributed by atoms with E-state index >= 15 is 0 Å². The fraction of sp³-hybridized carbons (Fsp3) is 0.612. The van der Waals surface area contributed by atoms with Gasteiger partial charge in [0.2, 0.25) is 35.4 Å². The topological polar surface area (TPSA) is 270 Å². The summed E-state index contributed by atoms with van der Waals surface area (Å²) in [6, 6.07) is 1.60. The largest absolute Gasteiger partial charge is 0.507 e. The molecule has 0 saturated heterocycles. The highest BCUT2D eigenvalue weighted by molar-refractivity contribution is 5.96. The quantitative estimate of drug-likeness (QED) is 0.0524. The van der Waals surface area contributed by atoms with Gasteiger partial charge >= 0.3 is 5.97 Å². The first-order valence-corrected chi connectivity index (χ1v) is 23.8. The fourth-order valence-electron chi connectivity index (χ4n) is 7.80. The first-order chi connectivity index (χ1) is 31.9. The van der Waals surface area contributed by atoms with Crippen LogP contribution in [0, 0.1) is 0 Å². The minimum Gasteiger partial charge on any atom is -0.507 e. The van der Waals surface area contributed by atoms with Gasteiger partial charge in [0.25, 0.3) is 0 Å². The Labute approximate surface area is 395 Å². The number of nitrogens with zero attached hydrogens (tertiary/aromatic N) is 2. The average Bonchev–Trinajstić information content (AvgIpc) is 3.29. The molecule has 3 rings (SSSR count). The molecule has 0 radical (unpaired) electrons. The van der Waals surface area contributed by atoms with E-state index in [1.165, 1.54) is 127 Å². The van der Waals surface area contributed by atoms with Crippen molar-refractivity contribution in [3.05, 3.63) is 47.5 Å². The molecule has 0 saturated carbocycles. The third-order valence-electron chi connectivity index (χ3n) is 12.0. The number of nitrogens with two attached hydrogens (primary N) is 1. The third kappa shape index (κ3) is 17.8. The number of esters is 1. The van der Waals surface area contributed by atoms with Crippen molar-refractivity contribution in [2.75, 3.05) is 33.9 Å². The van der Waals surface area contributed by atoms with Crippen molar-refractivity contribution in [2.45, 2.75) is 160 Å². The summed E-state index contributed by atoms with van der Waals surface area (Å²) in [5.41, 5.74) is 6.63. The molecule has 9 N–H and O–H groups in total. The number of aliphatic hydroxyl groups excluding tert-OH is 1. The normalized spacial score (nSPS) is 17.4. The first kappa shape index (κ1) is 55.6. The van der Waals surface area contributed by atoms with Crippen LogP contribution in [-0.4, -0.2) is 131 Å². The lowest BCUT2D eigenvalue weighted by atomic mass is 9.94. The maximum absolute atomic E-state index is 14.1. The van der Waals surface area contributed by atoms with Gasteiger partial charge in [0.15, 0.2) is 0 Å². The van der Waals surface area contributed by atoms with Crippen LogP contribution in [0.1, 0.15) is 135 Å². The molecule has 1 aliphatic rings. The molecule has 18 nitrogen and oxygen atoms in total. The number of rotatable bonds is 25. The van der Waals surface area contributed by atoms with Crippen LogP contribution in [0.15, 0.2) is 36.4 Å². The first-order valence-electron chi connectivity index (χ1n) is 23.8. The van der Waals surface area contributed by atoms with E-state index in [0.717, 1.165) is 24.2 Å². The molecular formula is C49H75N7O11. The summed E-state index contributed by atoms with van der Waals surface area (Å²) in [6.45, 7) is 5.16. The molecule has 1 heterocycles. The number of hydrogen-bond acceptors (Lipinski definition) is 12. The van der Waals surface area contributed by atoms with Gasteiger partial charge < -0.3 is 56.9 Å². The average molecular weight is 938 g/mol. The van der Waals surface area contributed by atoms with Gasteiger partial charge in [-0.15, -0.1) is 0 Å². The molecule has 6 atom stereocenters. The van der Waals surface area contributed by atoms with E-state index in [-0.39, 0.29) is 53.5 Å². The smallest absolute Gasteiger partial charge is 0.329 e. The summed E-state index contributed by atoms with van der Waals surface area (Å²) in [6.07, 6.45) is 15.2. The number of nitrogens with one attached hydrogen (secondary N) is 4. The van der Waals surface area contributed by atoms with Crippen LogP contribution in [-0.2, 0) is 44.7 Å². The lowest BCUT2D eigenvalue weighted by Crippen LogP contribution is -2.55. The van der Waals surface area contributed by atoms with Crippen LogP contribution in [0.3, 0.4) is 0 Å². The summed E-state index contributed by atoms with van der Waals surface area (Å²) in [7, 11) is 2.72. The van der Waals surface area contributed by atoms with Crippen molar-refractivity contribution in [3.63, 3.8) is 0 Å². The summed E-state index contributed by atoms with van der Waals surface area (Å²) >= 11 is 0. The maximum atomic E-state index is 14.1. The van der Waals surface area contributed by atoms with E-state index in [0.29, 0.717) is 12.0 Å². The molecule has 372 valence electrons. The van der Waals surface area contributed by atoms with E-state index in [2.05, 4.69) is 28.2 Å². The zero-order valence-corrected chi connectivity index (χ0v) is 40.2. The summed E-state index contributed by atoms with van der Waals surface area (Å²) in [4.78, 5) is 95.9. The Morgan fingerprint density at radius 2 is 1.36 bits per heavy atom. The number of phenols is 2. The molecule has 1 aliphatic heterocycles. The number of benzene rings is 2. The Bertz CT molecular complexity index is 1980. The van der Waals surface area contributed by atoms with Gasteiger partial charge in [-0.1, -0.05) is 96.1 Å². The molecule has 0 aliphatic carbocycles. The molecular weight excluding hydrogens is 863 g/mol. The number of amides is 6.